The van der Waals surface area contributed by atoms with Crippen molar-refractivity contribution in [2.75, 3.05) is 6.26 Å². The van der Waals surface area contributed by atoms with Crippen molar-refractivity contribution >= 4 is 23.4 Å². The first-order valence-electron chi connectivity index (χ1n) is 4.05. The monoisotopic (exact) mass is 225 g/mol. The van der Waals surface area contributed by atoms with Crippen molar-refractivity contribution in [2.24, 2.45) is 0 Å². The van der Waals surface area contributed by atoms with E-state index in [1.165, 1.54) is 0 Å². The molecule has 1 aromatic carbocycles. The molecule has 0 radical (unpaired) electrons. The van der Waals surface area contributed by atoms with Gasteiger partial charge >= 0.3 is 0 Å². The molecule has 0 saturated carbocycles. The Morgan fingerprint density at radius 1 is 1.43 bits per heavy atom. The Hall–Kier alpha value is -0.930. The summed E-state index contributed by atoms with van der Waals surface area (Å²) in [5.41, 5.74) is 1.83. The molecule has 1 heterocycles. The zero-order valence-electron chi connectivity index (χ0n) is 7.53. The number of benzene rings is 1. The molecular formula is C10H8ClNOS. The van der Waals surface area contributed by atoms with E-state index in [9.17, 15) is 0 Å². The topological polar surface area (TPSA) is 26.0 Å². The van der Waals surface area contributed by atoms with Crippen molar-refractivity contribution in [1.82, 2.24) is 5.16 Å². The van der Waals surface area contributed by atoms with E-state index in [0.29, 0.717) is 5.02 Å². The fourth-order valence-electron chi connectivity index (χ4n) is 1.20. The SMILES string of the molecule is CSc1conc1-c1cccc(Cl)c1. The van der Waals surface area contributed by atoms with E-state index >= 15 is 0 Å². The Morgan fingerprint density at radius 2 is 2.29 bits per heavy atom. The summed E-state index contributed by atoms with van der Waals surface area (Å²) in [5.74, 6) is 0. The molecule has 2 nitrogen and oxygen atoms in total. The quantitative estimate of drug-likeness (QED) is 0.729. The number of nitrogens with zero attached hydrogens (tertiary/aromatic N) is 1. The highest BCUT2D eigenvalue weighted by Crippen LogP contribution is 2.29. The molecule has 0 saturated heterocycles. The number of halogens is 1. The first-order chi connectivity index (χ1) is 6.81. The summed E-state index contributed by atoms with van der Waals surface area (Å²) in [6.45, 7) is 0. The summed E-state index contributed by atoms with van der Waals surface area (Å²) >= 11 is 7.50. The van der Waals surface area contributed by atoms with E-state index in [1.54, 1.807) is 18.0 Å². The Balaban J connectivity index is 2.49. The van der Waals surface area contributed by atoms with E-state index < -0.39 is 0 Å². The molecule has 0 amide bonds. The maximum atomic E-state index is 5.89. The van der Waals surface area contributed by atoms with Crippen LogP contribution in [-0.2, 0) is 0 Å². The summed E-state index contributed by atoms with van der Waals surface area (Å²) in [6, 6.07) is 7.57. The van der Waals surface area contributed by atoms with Crippen LogP contribution in [0.5, 0.6) is 0 Å². The second-order valence-electron chi connectivity index (χ2n) is 2.74. The molecule has 0 fully saturated rings. The van der Waals surface area contributed by atoms with Crippen molar-refractivity contribution in [3.63, 3.8) is 0 Å². The van der Waals surface area contributed by atoms with Crippen molar-refractivity contribution < 1.29 is 4.52 Å². The van der Waals surface area contributed by atoms with Crippen molar-refractivity contribution in [3.8, 4) is 11.3 Å². The Morgan fingerprint density at radius 3 is 3.00 bits per heavy atom. The zero-order valence-corrected chi connectivity index (χ0v) is 9.10. The lowest BCUT2D eigenvalue weighted by Crippen LogP contribution is -1.79. The lowest BCUT2D eigenvalue weighted by Gasteiger charge is -1.98. The van der Waals surface area contributed by atoms with Gasteiger partial charge in [-0.25, -0.2) is 0 Å². The predicted octanol–water partition coefficient (Wildman–Crippen LogP) is 3.72. The van der Waals surface area contributed by atoms with Gasteiger partial charge in [0.15, 0.2) is 0 Å². The molecule has 0 spiro atoms. The highest BCUT2D eigenvalue weighted by molar-refractivity contribution is 7.98. The Labute approximate surface area is 91.2 Å². The Bertz CT molecular complexity index is 441. The van der Waals surface area contributed by atoms with Gasteiger partial charge in [-0.15, -0.1) is 11.8 Å². The van der Waals surface area contributed by atoms with Crippen molar-refractivity contribution in [2.45, 2.75) is 4.90 Å². The summed E-state index contributed by atoms with van der Waals surface area (Å²) in [5, 5.41) is 4.65. The molecule has 0 unspecified atom stereocenters. The molecule has 2 rings (SSSR count). The lowest BCUT2D eigenvalue weighted by atomic mass is 10.2. The number of hydrogen-bond acceptors (Lipinski definition) is 3. The zero-order chi connectivity index (χ0) is 9.97. The number of rotatable bonds is 2. The minimum Gasteiger partial charge on any atom is -0.363 e. The third-order valence-electron chi connectivity index (χ3n) is 1.86. The Kier molecular flexibility index (Phi) is 2.79. The number of aromatic nitrogens is 1. The molecule has 72 valence electrons. The largest absolute Gasteiger partial charge is 0.363 e. The van der Waals surface area contributed by atoms with Crippen LogP contribution in [-0.4, -0.2) is 11.4 Å². The van der Waals surface area contributed by atoms with Crippen molar-refractivity contribution in [1.29, 1.82) is 0 Å². The van der Waals surface area contributed by atoms with Gasteiger partial charge in [0.1, 0.15) is 12.0 Å². The molecule has 0 aliphatic rings. The van der Waals surface area contributed by atoms with Crippen LogP contribution in [0, 0.1) is 0 Å². The fourth-order valence-corrected chi connectivity index (χ4v) is 1.88. The van der Waals surface area contributed by atoms with Gasteiger partial charge in [0, 0.05) is 10.6 Å². The summed E-state index contributed by atoms with van der Waals surface area (Å²) in [7, 11) is 0. The summed E-state index contributed by atoms with van der Waals surface area (Å²) < 4.78 is 4.92. The van der Waals surface area contributed by atoms with Crippen molar-refractivity contribution in [3.05, 3.63) is 35.6 Å². The number of thioether (sulfide) groups is 1. The lowest BCUT2D eigenvalue weighted by molar-refractivity contribution is 0.420. The van der Waals surface area contributed by atoms with Crippen LogP contribution < -0.4 is 0 Å². The molecule has 14 heavy (non-hydrogen) atoms. The van der Waals surface area contributed by atoms with Crippen LogP contribution >= 0.6 is 23.4 Å². The second kappa shape index (κ2) is 4.07. The van der Waals surface area contributed by atoms with Gasteiger partial charge in [-0.2, -0.15) is 0 Å². The average Bonchev–Trinajstić information content (AvgIpc) is 2.65. The van der Waals surface area contributed by atoms with E-state index in [2.05, 4.69) is 5.16 Å². The molecule has 0 atom stereocenters. The van der Waals surface area contributed by atoms with Crippen LogP contribution in [0.2, 0.25) is 5.02 Å². The van der Waals surface area contributed by atoms with Gasteiger partial charge in [0.05, 0.1) is 4.90 Å². The van der Waals surface area contributed by atoms with E-state index in [1.807, 2.05) is 30.5 Å². The van der Waals surface area contributed by atoms with Gasteiger partial charge < -0.3 is 4.52 Å². The highest BCUT2D eigenvalue weighted by Gasteiger charge is 2.08. The van der Waals surface area contributed by atoms with Gasteiger partial charge in [0.25, 0.3) is 0 Å². The maximum absolute atomic E-state index is 5.89. The second-order valence-corrected chi connectivity index (χ2v) is 4.03. The molecule has 2 aromatic rings. The number of hydrogen-bond donors (Lipinski definition) is 0. The van der Waals surface area contributed by atoms with Gasteiger partial charge in [-0.1, -0.05) is 28.9 Å². The van der Waals surface area contributed by atoms with Gasteiger partial charge in [-0.3, -0.25) is 0 Å². The third-order valence-corrected chi connectivity index (χ3v) is 2.82. The third kappa shape index (κ3) is 1.79. The van der Waals surface area contributed by atoms with Crippen LogP contribution in [0.1, 0.15) is 0 Å². The highest BCUT2D eigenvalue weighted by atomic mass is 35.5. The molecule has 4 heteroatoms. The van der Waals surface area contributed by atoms with E-state index in [0.717, 1.165) is 16.2 Å². The predicted molar refractivity (Wildman–Crippen MR) is 58.7 cm³/mol. The molecule has 0 aliphatic carbocycles. The minimum atomic E-state index is 0.706. The van der Waals surface area contributed by atoms with Crippen LogP contribution in [0.25, 0.3) is 11.3 Å². The minimum absolute atomic E-state index is 0.706. The summed E-state index contributed by atoms with van der Waals surface area (Å²) in [4.78, 5) is 1.02. The molecule has 1 aromatic heterocycles. The van der Waals surface area contributed by atoms with Crippen LogP contribution in [0.4, 0.5) is 0 Å². The summed E-state index contributed by atoms with van der Waals surface area (Å²) in [6.07, 6.45) is 3.63. The standard InChI is InChI=1S/C10H8ClNOS/c1-14-9-6-13-12-10(9)7-3-2-4-8(11)5-7/h2-6H,1H3. The fraction of sp³-hybridized carbons (Fsp3) is 0.100. The van der Waals surface area contributed by atoms with E-state index in [-0.39, 0.29) is 0 Å². The first-order valence-corrected chi connectivity index (χ1v) is 5.66. The van der Waals surface area contributed by atoms with Gasteiger partial charge in [0.2, 0.25) is 0 Å². The first kappa shape index (κ1) is 9.62. The van der Waals surface area contributed by atoms with Crippen LogP contribution in [0.3, 0.4) is 0 Å². The molecular weight excluding hydrogens is 218 g/mol. The molecule has 0 N–H and O–H groups in total. The van der Waals surface area contributed by atoms with Gasteiger partial charge in [-0.05, 0) is 18.4 Å². The van der Waals surface area contributed by atoms with Crippen LogP contribution in [0.15, 0.2) is 39.9 Å². The smallest absolute Gasteiger partial charge is 0.138 e. The normalized spacial score (nSPS) is 10.4. The van der Waals surface area contributed by atoms with E-state index in [4.69, 9.17) is 16.1 Å². The maximum Gasteiger partial charge on any atom is 0.138 e. The average molecular weight is 226 g/mol. The molecule has 0 aliphatic heterocycles. The molecule has 0 bridgehead atoms.